The van der Waals surface area contributed by atoms with Gasteiger partial charge >= 0.3 is 0 Å². The molecule has 0 aromatic carbocycles. The van der Waals surface area contributed by atoms with Crippen molar-refractivity contribution in [1.82, 2.24) is 9.88 Å². The molecule has 20 heavy (non-hydrogen) atoms. The minimum Gasteiger partial charge on any atom is -0.380 e. The molecule has 0 atom stereocenters. The highest BCUT2D eigenvalue weighted by Crippen LogP contribution is 2.21. The van der Waals surface area contributed by atoms with Gasteiger partial charge in [0, 0.05) is 45.5 Å². The summed E-state index contributed by atoms with van der Waals surface area (Å²) in [6.07, 6.45) is 3.97. The van der Waals surface area contributed by atoms with Gasteiger partial charge in [0.15, 0.2) is 0 Å². The van der Waals surface area contributed by atoms with Gasteiger partial charge in [-0.25, -0.2) is 0 Å². The molecule has 2 rings (SSSR count). The first-order valence-corrected chi connectivity index (χ1v) is 7.70. The quantitative estimate of drug-likeness (QED) is 0.746. The Bertz CT molecular complexity index is 400. The lowest BCUT2D eigenvalue weighted by molar-refractivity contribution is 0.111. The Morgan fingerprint density at radius 3 is 2.60 bits per heavy atom. The molecule has 1 saturated heterocycles. The topological polar surface area (TPSA) is 28.6 Å². The molecular weight excluding hydrogens is 250 g/mol. The Labute approximate surface area is 122 Å². The number of rotatable bonds is 6. The highest BCUT2D eigenvalue weighted by molar-refractivity contribution is 5.47. The fraction of sp³-hybridized carbons (Fsp3) is 0.688. The van der Waals surface area contributed by atoms with E-state index >= 15 is 0 Å². The zero-order valence-corrected chi connectivity index (χ0v) is 13.0. The molecule has 1 aromatic heterocycles. The summed E-state index contributed by atoms with van der Waals surface area (Å²) in [5, 5.41) is 0. The first kappa shape index (κ1) is 15.3. The Kier molecular flexibility index (Phi) is 5.80. The molecule has 4 heteroatoms. The molecule has 0 spiro atoms. The van der Waals surface area contributed by atoms with Crippen molar-refractivity contribution >= 4 is 5.69 Å². The molecule has 0 bridgehead atoms. The van der Waals surface area contributed by atoms with E-state index in [0.717, 1.165) is 45.9 Å². The molecule has 0 unspecified atom stereocenters. The van der Waals surface area contributed by atoms with Crippen molar-refractivity contribution in [3.8, 4) is 0 Å². The van der Waals surface area contributed by atoms with Crippen LogP contribution < -0.4 is 4.90 Å². The minimum atomic E-state index is 0.537. The van der Waals surface area contributed by atoms with Crippen LogP contribution in [0.4, 0.5) is 5.69 Å². The van der Waals surface area contributed by atoms with Gasteiger partial charge in [0.05, 0.1) is 18.5 Å². The first-order chi connectivity index (χ1) is 9.70. The average molecular weight is 277 g/mol. The van der Waals surface area contributed by atoms with E-state index in [1.54, 1.807) is 0 Å². The molecular formula is C16H27N3O. The number of hydrogen-bond donors (Lipinski definition) is 0. The molecule has 0 radical (unpaired) electrons. The van der Waals surface area contributed by atoms with Crippen LogP contribution in [0.1, 0.15) is 32.3 Å². The Hall–Kier alpha value is -1.13. The van der Waals surface area contributed by atoms with Crippen LogP contribution >= 0.6 is 0 Å². The van der Waals surface area contributed by atoms with Crippen LogP contribution in [0.15, 0.2) is 18.5 Å². The summed E-state index contributed by atoms with van der Waals surface area (Å²) in [4.78, 5) is 9.30. The summed E-state index contributed by atoms with van der Waals surface area (Å²) in [6, 6.07) is 2.29. The van der Waals surface area contributed by atoms with Gasteiger partial charge in [0.25, 0.3) is 0 Å². The van der Waals surface area contributed by atoms with Crippen LogP contribution in [0.25, 0.3) is 0 Å². The van der Waals surface area contributed by atoms with Gasteiger partial charge in [0.1, 0.15) is 0 Å². The highest BCUT2D eigenvalue weighted by atomic mass is 16.5. The zero-order chi connectivity index (χ0) is 14.4. The maximum absolute atomic E-state index is 5.42. The van der Waals surface area contributed by atoms with Crippen molar-refractivity contribution in [2.75, 3.05) is 50.8 Å². The lowest BCUT2D eigenvalue weighted by Gasteiger charge is -2.36. The summed E-state index contributed by atoms with van der Waals surface area (Å²) in [5.74, 6) is 0.537. The molecule has 1 aliphatic heterocycles. The van der Waals surface area contributed by atoms with E-state index in [-0.39, 0.29) is 0 Å². The molecule has 0 N–H and O–H groups in total. The van der Waals surface area contributed by atoms with Crippen molar-refractivity contribution in [1.29, 1.82) is 0 Å². The highest BCUT2D eigenvalue weighted by Gasteiger charge is 2.17. The van der Waals surface area contributed by atoms with E-state index in [9.17, 15) is 0 Å². The van der Waals surface area contributed by atoms with Crippen molar-refractivity contribution in [3.05, 3.63) is 24.0 Å². The van der Waals surface area contributed by atoms with Gasteiger partial charge in [0.2, 0.25) is 0 Å². The molecule has 1 aliphatic rings. The van der Waals surface area contributed by atoms with Gasteiger partial charge < -0.3 is 9.64 Å². The van der Waals surface area contributed by atoms with E-state index < -0.39 is 0 Å². The van der Waals surface area contributed by atoms with Gasteiger partial charge in [-0.15, -0.1) is 0 Å². The summed E-state index contributed by atoms with van der Waals surface area (Å²) in [7, 11) is 0. The number of pyridine rings is 1. The monoisotopic (exact) mass is 277 g/mol. The third kappa shape index (κ3) is 4.18. The Morgan fingerprint density at radius 2 is 1.95 bits per heavy atom. The molecule has 1 aromatic rings. The van der Waals surface area contributed by atoms with Crippen LogP contribution in [-0.4, -0.2) is 55.8 Å². The predicted octanol–water partition coefficient (Wildman–Crippen LogP) is 2.36. The molecule has 1 fully saturated rings. The van der Waals surface area contributed by atoms with E-state index in [4.69, 9.17) is 4.74 Å². The fourth-order valence-electron chi connectivity index (χ4n) is 2.50. The maximum Gasteiger partial charge on any atom is 0.0593 e. The average Bonchev–Trinajstić information content (AvgIpc) is 2.48. The van der Waals surface area contributed by atoms with Crippen LogP contribution in [0.2, 0.25) is 0 Å². The summed E-state index contributed by atoms with van der Waals surface area (Å²) < 4.78 is 5.42. The molecule has 112 valence electrons. The maximum atomic E-state index is 5.42. The van der Waals surface area contributed by atoms with Crippen molar-refractivity contribution in [2.45, 2.75) is 26.7 Å². The number of nitrogens with zero attached hydrogens (tertiary/aromatic N) is 3. The summed E-state index contributed by atoms with van der Waals surface area (Å²) in [6.45, 7) is 13.6. The van der Waals surface area contributed by atoms with E-state index in [1.165, 1.54) is 11.3 Å². The molecule has 2 heterocycles. The number of piperazine rings is 1. The van der Waals surface area contributed by atoms with Crippen LogP contribution in [0, 0.1) is 0 Å². The standard InChI is InChI=1S/C16H27N3O/c1-4-20-10-9-18-5-7-19(8-6-18)16-11-15(14(2)3)12-17-13-16/h11-14H,4-10H2,1-3H3. The molecule has 4 nitrogen and oxygen atoms in total. The second-order valence-corrected chi connectivity index (χ2v) is 5.66. The Morgan fingerprint density at radius 1 is 1.20 bits per heavy atom. The van der Waals surface area contributed by atoms with Crippen molar-refractivity contribution in [2.24, 2.45) is 0 Å². The van der Waals surface area contributed by atoms with E-state index in [0.29, 0.717) is 5.92 Å². The van der Waals surface area contributed by atoms with Gasteiger partial charge in [-0.3, -0.25) is 9.88 Å². The number of anilines is 1. The third-order valence-corrected chi connectivity index (χ3v) is 3.91. The SMILES string of the molecule is CCOCCN1CCN(c2cncc(C(C)C)c2)CC1. The Balaban J connectivity index is 1.85. The van der Waals surface area contributed by atoms with E-state index in [2.05, 4.69) is 34.7 Å². The van der Waals surface area contributed by atoms with Gasteiger partial charge in [-0.2, -0.15) is 0 Å². The summed E-state index contributed by atoms with van der Waals surface area (Å²) >= 11 is 0. The minimum absolute atomic E-state index is 0.537. The van der Waals surface area contributed by atoms with Crippen molar-refractivity contribution in [3.63, 3.8) is 0 Å². The molecule has 0 saturated carbocycles. The number of ether oxygens (including phenoxy) is 1. The van der Waals surface area contributed by atoms with E-state index in [1.807, 2.05) is 19.3 Å². The number of aromatic nitrogens is 1. The fourth-order valence-corrected chi connectivity index (χ4v) is 2.50. The van der Waals surface area contributed by atoms with Crippen molar-refractivity contribution < 1.29 is 4.74 Å². The predicted molar refractivity (Wildman–Crippen MR) is 83.5 cm³/mol. The number of hydrogen-bond acceptors (Lipinski definition) is 4. The molecule has 0 aliphatic carbocycles. The lowest BCUT2D eigenvalue weighted by Crippen LogP contribution is -2.47. The zero-order valence-electron chi connectivity index (χ0n) is 13.0. The second kappa shape index (κ2) is 7.60. The largest absolute Gasteiger partial charge is 0.380 e. The van der Waals surface area contributed by atoms with Gasteiger partial charge in [-0.1, -0.05) is 13.8 Å². The van der Waals surface area contributed by atoms with Gasteiger partial charge in [-0.05, 0) is 24.5 Å². The first-order valence-electron chi connectivity index (χ1n) is 7.70. The van der Waals surface area contributed by atoms with Crippen LogP contribution in [0.3, 0.4) is 0 Å². The van der Waals surface area contributed by atoms with Crippen LogP contribution in [0.5, 0.6) is 0 Å². The second-order valence-electron chi connectivity index (χ2n) is 5.66. The normalized spacial score (nSPS) is 16.9. The molecule has 0 amide bonds. The lowest BCUT2D eigenvalue weighted by atomic mass is 10.1. The summed E-state index contributed by atoms with van der Waals surface area (Å²) in [5.41, 5.74) is 2.59. The van der Waals surface area contributed by atoms with Crippen LogP contribution in [-0.2, 0) is 4.74 Å². The third-order valence-electron chi connectivity index (χ3n) is 3.91. The smallest absolute Gasteiger partial charge is 0.0593 e.